The van der Waals surface area contributed by atoms with E-state index in [1.54, 1.807) is 24.4 Å². The van der Waals surface area contributed by atoms with E-state index < -0.39 is 0 Å². The fourth-order valence-electron chi connectivity index (χ4n) is 1.45. The van der Waals surface area contributed by atoms with E-state index in [-0.39, 0.29) is 17.1 Å². The lowest BCUT2D eigenvalue weighted by atomic mass is 10.0. The van der Waals surface area contributed by atoms with Crippen LogP contribution in [0.25, 0.3) is 5.57 Å². The van der Waals surface area contributed by atoms with E-state index in [4.69, 9.17) is 4.74 Å². The minimum atomic E-state index is -0.146. The van der Waals surface area contributed by atoms with Crippen LogP contribution in [0, 0.1) is 0 Å². The Kier molecular flexibility index (Phi) is 4.87. The molecule has 18 heavy (non-hydrogen) atoms. The summed E-state index contributed by atoms with van der Waals surface area (Å²) in [6, 6.07) is 3.27. The van der Waals surface area contributed by atoms with E-state index in [1.807, 2.05) is 13.0 Å². The van der Waals surface area contributed by atoms with Gasteiger partial charge >= 0.3 is 0 Å². The number of carbonyl (C=O) groups is 1. The van der Waals surface area contributed by atoms with Gasteiger partial charge in [0.15, 0.2) is 17.8 Å². The molecule has 0 fully saturated rings. The third-order valence-electron chi connectivity index (χ3n) is 2.44. The molecule has 1 aromatic rings. The minimum absolute atomic E-state index is 0.146. The second kappa shape index (κ2) is 6.39. The molecule has 0 aliphatic carbocycles. The number of aldehydes is 1. The van der Waals surface area contributed by atoms with Crippen LogP contribution < -0.4 is 4.74 Å². The maximum Gasteiger partial charge on any atom is 0.168 e. The molecule has 0 aliphatic rings. The molecule has 94 valence electrons. The average molecular weight is 245 g/mol. The molecule has 0 aliphatic heterocycles. The summed E-state index contributed by atoms with van der Waals surface area (Å²) in [6.07, 6.45) is 5.72. The highest BCUT2D eigenvalue weighted by Gasteiger charge is 2.10. The average Bonchev–Trinajstić information content (AvgIpc) is 2.39. The Morgan fingerprint density at radius 3 is 2.78 bits per heavy atom. The zero-order valence-electron chi connectivity index (χ0n) is 10.4. The Labute approximate surface area is 106 Å². The van der Waals surface area contributed by atoms with Crippen LogP contribution >= 0.6 is 0 Å². The van der Waals surface area contributed by atoms with Gasteiger partial charge in [-0.2, -0.15) is 0 Å². The molecule has 4 heteroatoms. The van der Waals surface area contributed by atoms with Crippen LogP contribution in [0.5, 0.6) is 11.5 Å². The molecule has 1 aromatic carbocycles. The van der Waals surface area contributed by atoms with Gasteiger partial charge in [0.1, 0.15) is 0 Å². The van der Waals surface area contributed by atoms with Gasteiger partial charge in [-0.1, -0.05) is 6.08 Å². The standard InChI is InChI=1S/C14H15NO3/c1-10(5-4-6-15-2)11-7-12(9-16)14(17)13(8-11)18-3/h4-9,17H,2H2,1,3H3/b6-4-,10-5+. The van der Waals surface area contributed by atoms with Gasteiger partial charge < -0.3 is 9.84 Å². The smallest absolute Gasteiger partial charge is 0.168 e. The Morgan fingerprint density at radius 2 is 2.22 bits per heavy atom. The van der Waals surface area contributed by atoms with Crippen molar-refractivity contribution >= 4 is 18.6 Å². The van der Waals surface area contributed by atoms with Crippen molar-refractivity contribution in [3.8, 4) is 11.5 Å². The first-order chi connectivity index (χ1) is 8.63. The van der Waals surface area contributed by atoms with E-state index in [0.29, 0.717) is 6.29 Å². The topological polar surface area (TPSA) is 58.9 Å². The number of phenolic OH excluding ortho intramolecular Hbond substituents is 1. The van der Waals surface area contributed by atoms with Gasteiger partial charge in [0.2, 0.25) is 0 Å². The number of rotatable bonds is 5. The Morgan fingerprint density at radius 1 is 1.50 bits per heavy atom. The van der Waals surface area contributed by atoms with Gasteiger partial charge in [0, 0.05) is 6.20 Å². The number of hydrogen-bond acceptors (Lipinski definition) is 4. The van der Waals surface area contributed by atoms with Crippen molar-refractivity contribution in [1.29, 1.82) is 0 Å². The highest BCUT2D eigenvalue weighted by Crippen LogP contribution is 2.32. The molecule has 0 bridgehead atoms. The maximum atomic E-state index is 10.9. The number of ether oxygens (including phenoxy) is 1. The minimum Gasteiger partial charge on any atom is -0.504 e. The van der Waals surface area contributed by atoms with Crippen molar-refractivity contribution in [3.05, 3.63) is 41.6 Å². The van der Waals surface area contributed by atoms with Crippen LogP contribution in [0.4, 0.5) is 0 Å². The molecule has 0 unspecified atom stereocenters. The van der Waals surface area contributed by atoms with Crippen molar-refractivity contribution in [3.63, 3.8) is 0 Å². The lowest BCUT2D eigenvalue weighted by molar-refractivity contribution is 0.112. The van der Waals surface area contributed by atoms with E-state index in [0.717, 1.165) is 11.1 Å². The summed E-state index contributed by atoms with van der Waals surface area (Å²) in [4.78, 5) is 14.4. The number of phenols is 1. The summed E-state index contributed by atoms with van der Waals surface area (Å²) < 4.78 is 5.02. The van der Waals surface area contributed by atoms with Crippen LogP contribution in [-0.2, 0) is 0 Å². The largest absolute Gasteiger partial charge is 0.504 e. The Bertz CT molecular complexity index is 516. The number of nitrogens with zero attached hydrogens (tertiary/aromatic N) is 1. The predicted octanol–water partition coefficient (Wildman–Crippen LogP) is 2.83. The molecule has 0 atom stereocenters. The molecule has 0 amide bonds. The summed E-state index contributed by atoms with van der Waals surface area (Å²) in [5, 5.41) is 9.70. The number of benzene rings is 1. The van der Waals surface area contributed by atoms with Crippen molar-refractivity contribution in [2.45, 2.75) is 6.92 Å². The summed E-state index contributed by atoms with van der Waals surface area (Å²) in [6.45, 7) is 5.21. The van der Waals surface area contributed by atoms with Gasteiger partial charge in [-0.15, -0.1) is 0 Å². The number of aliphatic imine (C=N–C) groups is 1. The van der Waals surface area contributed by atoms with Gasteiger partial charge in [-0.05, 0) is 43.0 Å². The quantitative estimate of drug-likeness (QED) is 0.493. The third kappa shape index (κ3) is 3.07. The second-order valence-corrected chi connectivity index (χ2v) is 3.61. The first kappa shape index (κ1) is 13.7. The first-order valence-electron chi connectivity index (χ1n) is 5.29. The monoisotopic (exact) mass is 245 g/mol. The molecule has 0 radical (unpaired) electrons. The number of allylic oxidation sites excluding steroid dienone is 3. The summed E-state index contributed by atoms with van der Waals surface area (Å²) in [5.74, 6) is 0.125. The highest BCUT2D eigenvalue weighted by molar-refractivity contribution is 5.84. The lowest BCUT2D eigenvalue weighted by Gasteiger charge is -2.09. The van der Waals surface area contributed by atoms with Crippen molar-refractivity contribution in [2.75, 3.05) is 7.11 Å². The molecule has 0 saturated heterocycles. The SMILES string of the molecule is C=N/C=C\C=C(/C)c1cc(C=O)c(O)c(OC)c1. The Hall–Kier alpha value is -2.36. The van der Waals surface area contributed by atoms with Crippen LogP contribution in [0.1, 0.15) is 22.8 Å². The van der Waals surface area contributed by atoms with Gasteiger partial charge in [-0.25, -0.2) is 0 Å². The van der Waals surface area contributed by atoms with Crippen LogP contribution in [0.15, 0.2) is 35.5 Å². The summed E-state index contributed by atoms with van der Waals surface area (Å²) in [7, 11) is 1.44. The molecule has 0 spiro atoms. The third-order valence-corrected chi connectivity index (χ3v) is 2.44. The predicted molar refractivity (Wildman–Crippen MR) is 72.4 cm³/mol. The zero-order chi connectivity index (χ0) is 13.5. The molecular weight excluding hydrogens is 230 g/mol. The van der Waals surface area contributed by atoms with E-state index >= 15 is 0 Å². The molecule has 0 heterocycles. The first-order valence-corrected chi connectivity index (χ1v) is 5.29. The summed E-state index contributed by atoms with van der Waals surface area (Å²) in [5.41, 5.74) is 1.90. The van der Waals surface area contributed by atoms with Crippen molar-refractivity contribution in [2.24, 2.45) is 4.99 Å². The van der Waals surface area contributed by atoms with E-state index in [1.165, 1.54) is 7.11 Å². The maximum absolute atomic E-state index is 10.9. The summed E-state index contributed by atoms with van der Waals surface area (Å²) >= 11 is 0. The lowest BCUT2D eigenvalue weighted by Crippen LogP contribution is -1.92. The van der Waals surface area contributed by atoms with E-state index in [2.05, 4.69) is 11.7 Å². The highest BCUT2D eigenvalue weighted by atomic mass is 16.5. The normalized spacial score (nSPS) is 11.6. The van der Waals surface area contributed by atoms with Crippen molar-refractivity contribution < 1.29 is 14.6 Å². The Balaban J connectivity index is 3.24. The fourth-order valence-corrected chi connectivity index (χ4v) is 1.45. The van der Waals surface area contributed by atoms with Gasteiger partial charge in [0.05, 0.1) is 12.7 Å². The molecule has 0 aromatic heterocycles. The van der Waals surface area contributed by atoms with Crippen molar-refractivity contribution in [1.82, 2.24) is 0 Å². The second-order valence-electron chi connectivity index (χ2n) is 3.61. The zero-order valence-corrected chi connectivity index (χ0v) is 10.4. The number of methoxy groups -OCH3 is 1. The van der Waals surface area contributed by atoms with Crippen LogP contribution in [0.2, 0.25) is 0 Å². The number of hydrogen-bond donors (Lipinski definition) is 1. The van der Waals surface area contributed by atoms with E-state index in [9.17, 15) is 9.90 Å². The van der Waals surface area contributed by atoms with Gasteiger partial charge in [-0.3, -0.25) is 9.79 Å². The molecule has 4 nitrogen and oxygen atoms in total. The van der Waals surface area contributed by atoms with Crippen LogP contribution in [0.3, 0.4) is 0 Å². The fraction of sp³-hybridized carbons (Fsp3) is 0.143. The molecular formula is C14H15NO3. The van der Waals surface area contributed by atoms with Crippen LogP contribution in [-0.4, -0.2) is 25.2 Å². The molecule has 1 N–H and O–H groups in total. The molecule has 0 saturated carbocycles. The number of carbonyl (C=O) groups excluding carboxylic acids is 1. The molecule has 1 rings (SSSR count). The van der Waals surface area contributed by atoms with Gasteiger partial charge in [0.25, 0.3) is 0 Å². The number of aromatic hydroxyl groups is 1.